The number of benzene rings is 1. The van der Waals surface area contributed by atoms with Gasteiger partial charge in [0.15, 0.2) is 0 Å². The third-order valence-corrected chi connectivity index (χ3v) is 5.97. The zero-order chi connectivity index (χ0) is 23.8. The molecule has 2 fully saturated rings. The van der Waals surface area contributed by atoms with Crippen molar-refractivity contribution >= 4 is 17.9 Å². The normalized spacial score (nSPS) is 21.2. The molecule has 8 nitrogen and oxygen atoms in total. The molecule has 1 aliphatic carbocycles. The molecule has 0 radical (unpaired) electrons. The Morgan fingerprint density at radius 3 is 2.33 bits per heavy atom. The molecule has 2 unspecified atom stereocenters. The monoisotopic (exact) mass is 450 g/mol. The summed E-state index contributed by atoms with van der Waals surface area (Å²) in [5.74, 6) is -0.119. The molecule has 8 heteroatoms. The quantitative estimate of drug-likeness (QED) is 0.729. The molecule has 2 heterocycles. The highest BCUT2D eigenvalue weighted by atomic mass is 16.6. The van der Waals surface area contributed by atoms with E-state index in [1.807, 2.05) is 51.1 Å². The number of carbonyl (C=O) groups excluding carboxylic acids is 3. The Hall–Kier alpha value is -3.42. The molecule has 2 aromatic rings. The van der Waals surface area contributed by atoms with Gasteiger partial charge in [0.1, 0.15) is 11.3 Å². The lowest BCUT2D eigenvalue weighted by molar-refractivity contribution is 0.0269. The van der Waals surface area contributed by atoms with Crippen molar-refractivity contribution in [3.05, 3.63) is 65.0 Å². The summed E-state index contributed by atoms with van der Waals surface area (Å²) in [7, 11) is 1.54. The number of aromatic nitrogens is 1. The van der Waals surface area contributed by atoms with Crippen LogP contribution < -0.4 is 10.6 Å². The standard InChI is InChI=1S/C25H30N4O4/c1-25(2,3)33-24(32)29-13-18-19(14-29)21(18)28-22(30)16-11-17(10-15-8-6-5-7-9-15)27-20(12-16)23(31)26-4/h5-9,11-12,18-19,21H,10,13-14H2,1-4H3,(H,26,31)(H,28,30). The number of pyridine rings is 1. The van der Waals surface area contributed by atoms with E-state index in [9.17, 15) is 14.4 Å². The number of hydrogen-bond acceptors (Lipinski definition) is 5. The lowest BCUT2D eigenvalue weighted by atomic mass is 10.1. The van der Waals surface area contributed by atoms with E-state index in [4.69, 9.17) is 4.74 Å². The first kappa shape index (κ1) is 22.8. The number of amides is 3. The van der Waals surface area contributed by atoms with E-state index in [0.717, 1.165) is 5.56 Å². The second-order valence-corrected chi connectivity index (χ2v) is 9.69. The molecule has 4 rings (SSSR count). The largest absolute Gasteiger partial charge is 0.444 e. The summed E-state index contributed by atoms with van der Waals surface area (Å²) < 4.78 is 5.44. The Morgan fingerprint density at radius 2 is 1.73 bits per heavy atom. The summed E-state index contributed by atoms with van der Waals surface area (Å²) in [5.41, 5.74) is 1.79. The molecule has 1 aromatic heterocycles. The van der Waals surface area contributed by atoms with Gasteiger partial charge in [-0.15, -0.1) is 0 Å². The third-order valence-electron chi connectivity index (χ3n) is 5.97. The fourth-order valence-corrected chi connectivity index (χ4v) is 4.31. The van der Waals surface area contributed by atoms with Crippen LogP contribution in [0, 0.1) is 11.8 Å². The molecule has 0 spiro atoms. The molecule has 2 aliphatic rings. The van der Waals surface area contributed by atoms with Crippen LogP contribution in [-0.4, -0.2) is 59.6 Å². The lowest BCUT2D eigenvalue weighted by Gasteiger charge is -2.26. The van der Waals surface area contributed by atoms with Gasteiger partial charge in [-0.25, -0.2) is 9.78 Å². The van der Waals surface area contributed by atoms with E-state index < -0.39 is 5.60 Å². The van der Waals surface area contributed by atoms with Crippen LogP contribution in [0.4, 0.5) is 4.79 Å². The van der Waals surface area contributed by atoms with E-state index in [1.165, 1.54) is 13.1 Å². The van der Waals surface area contributed by atoms with Crippen molar-refractivity contribution in [2.45, 2.75) is 38.8 Å². The van der Waals surface area contributed by atoms with Crippen molar-refractivity contribution in [2.75, 3.05) is 20.1 Å². The number of nitrogens with zero attached hydrogens (tertiary/aromatic N) is 2. The minimum atomic E-state index is -0.529. The van der Waals surface area contributed by atoms with Crippen molar-refractivity contribution in [2.24, 2.45) is 11.8 Å². The molecule has 174 valence electrons. The summed E-state index contributed by atoms with van der Waals surface area (Å²) in [4.78, 5) is 43.7. The molecule has 1 saturated carbocycles. The summed E-state index contributed by atoms with van der Waals surface area (Å²) in [6.45, 7) is 6.68. The number of ether oxygens (including phenoxy) is 1. The number of nitrogens with one attached hydrogen (secondary N) is 2. The average Bonchev–Trinajstić information content (AvgIpc) is 3.19. The van der Waals surface area contributed by atoms with Crippen LogP contribution in [0.2, 0.25) is 0 Å². The second kappa shape index (κ2) is 8.84. The van der Waals surface area contributed by atoms with Crippen molar-refractivity contribution < 1.29 is 19.1 Å². The van der Waals surface area contributed by atoms with Crippen LogP contribution in [-0.2, 0) is 11.2 Å². The SMILES string of the molecule is CNC(=O)c1cc(C(=O)NC2C3CN(C(=O)OC(C)(C)C)CC32)cc(Cc2ccccc2)n1. The Balaban J connectivity index is 1.42. The average molecular weight is 451 g/mol. The number of fused-ring (bicyclic) bond motifs is 1. The first-order valence-corrected chi connectivity index (χ1v) is 11.2. The van der Waals surface area contributed by atoms with Gasteiger partial charge < -0.3 is 20.3 Å². The van der Waals surface area contributed by atoms with Gasteiger partial charge in [-0.1, -0.05) is 30.3 Å². The van der Waals surface area contributed by atoms with Gasteiger partial charge in [0.2, 0.25) is 0 Å². The Bertz CT molecular complexity index is 1050. The highest BCUT2D eigenvalue weighted by Gasteiger charge is 2.58. The number of rotatable bonds is 5. The van der Waals surface area contributed by atoms with Crippen LogP contribution >= 0.6 is 0 Å². The topological polar surface area (TPSA) is 101 Å². The highest BCUT2D eigenvalue weighted by molar-refractivity contribution is 5.99. The van der Waals surface area contributed by atoms with E-state index in [-0.39, 0.29) is 41.5 Å². The molecule has 33 heavy (non-hydrogen) atoms. The maximum absolute atomic E-state index is 13.0. The first-order valence-electron chi connectivity index (χ1n) is 11.2. The number of carbonyl (C=O) groups is 3. The minimum Gasteiger partial charge on any atom is -0.444 e. The van der Waals surface area contributed by atoms with Gasteiger partial charge >= 0.3 is 6.09 Å². The zero-order valence-electron chi connectivity index (χ0n) is 19.4. The number of likely N-dealkylation sites (tertiary alicyclic amines) is 1. The number of piperidine rings is 1. The molecule has 0 bridgehead atoms. The summed E-state index contributed by atoms with van der Waals surface area (Å²) in [6.07, 6.45) is 0.209. The smallest absolute Gasteiger partial charge is 0.410 e. The van der Waals surface area contributed by atoms with Gasteiger partial charge in [-0.3, -0.25) is 9.59 Å². The zero-order valence-corrected chi connectivity index (χ0v) is 19.4. The van der Waals surface area contributed by atoms with E-state index in [0.29, 0.717) is 30.8 Å². The molecule has 2 N–H and O–H groups in total. The third kappa shape index (κ3) is 5.32. The van der Waals surface area contributed by atoms with Gasteiger partial charge in [-0.2, -0.15) is 0 Å². The predicted octanol–water partition coefficient (Wildman–Crippen LogP) is 2.63. The van der Waals surface area contributed by atoms with Crippen LogP contribution in [0.3, 0.4) is 0 Å². The van der Waals surface area contributed by atoms with Crippen molar-refractivity contribution in [3.8, 4) is 0 Å². The molecular formula is C25H30N4O4. The molecule has 3 amide bonds. The first-order chi connectivity index (χ1) is 15.6. The molecule has 1 aliphatic heterocycles. The predicted molar refractivity (Wildman–Crippen MR) is 123 cm³/mol. The second-order valence-electron chi connectivity index (χ2n) is 9.69. The summed E-state index contributed by atoms with van der Waals surface area (Å²) >= 11 is 0. The molecule has 1 aromatic carbocycles. The lowest BCUT2D eigenvalue weighted by Crippen LogP contribution is -2.40. The maximum Gasteiger partial charge on any atom is 0.410 e. The fraction of sp³-hybridized carbons (Fsp3) is 0.440. The van der Waals surface area contributed by atoms with Crippen molar-refractivity contribution in [1.82, 2.24) is 20.5 Å². The molecular weight excluding hydrogens is 420 g/mol. The fourth-order valence-electron chi connectivity index (χ4n) is 4.31. The Morgan fingerprint density at radius 1 is 1.06 bits per heavy atom. The summed E-state index contributed by atoms with van der Waals surface area (Å²) in [5, 5.41) is 5.65. The Kier molecular flexibility index (Phi) is 6.10. The van der Waals surface area contributed by atoms with Crippen LogP contribution in [0.15, 0.2) is 42.5 Å². The van der Waals surface area contributed by atoms with E-state index >= 15 is 0 Å². The van der Waals surface area contributed by atoms with Gasteiger partial charge in [0, 0.05) is 55.7 Å². The van der Waals surface area contributed by atoms with Crippen molar-refractivity contribution in [1.29, 1.82) is 0 Å². The van der Waals surface area contributed by atoms with E-state index in [2.05, 4.69) is 15.6 Å². The molecule has 1 saturated heterocycles. The summed E-state index contributed by atoms with van der Waals surface area (Å²) in [6, 6.07) is 13.1. The van der Waals surface area contributed by atoms with Crippen LogP contribution in [0.1, 0.15) is 52.9 Å². The minimum absolute atomic E-state index is 0.0189. The molecule has 2 atom stereocenters. The van der Waals surface area contributed by atoms with E-state index in [1.54, 1.807) is 11.0 Å². The van der Waals surface area contributed by atoms with Crippen LogP contribution in [0.25, 0.3) is 0 Å². The van der Waals surface area contributed by atoms with Gasteiger partial charge in [-0.05, 0) is 38.5 Å². The van der Waals surface area contributed by atoms with Gasteiger partial charge in [0.25, 0.3) is 11.8 Å². The Labute approximate surface area is 193 Å². The van der Waals surface area contributed by atoms with Crippen molar-refractivity contribution in [3.63, 3.8) is 0 Å². The van der Waals surface area contributed by atoms with Crippen LogP contribution in [0.5, 0.6) is 0 Å². The number of hydrogen-bond donors (Lipinski definition) is 2. The maximum atomic E-state index is 13.0. The van der Waals surface area contributed by atoms with Gasteiger partial charge in [0.05, 0.1) is 0 Å². The highest BCUT2D eigenvalue weighted by Crippen LogP contribution is 2.45.